The molecule has 5 rings (SSSR count). The van der Waals surface area contributed by atoms with Crippen LogP contribution in [0.4, 0.5) is 11.4 Å². The van der Waals surface area contributed by atoms with Crippen LogP contribution in [0.15, 0.2) is 54.4 Å². The van der Waals surface area contributed by atoms with Gasteiger partial charge in [0.1, 0.15) is 5.69 Å². The number of anilines is 2. The Labute approximate surface area is 206 Å². The van der Waals surface area contributed by atoms with E-state index >= 15 is 0 Å². The van der Waals surface area contributed by atoms with Crippen LogP contribution in [0.2, 0.25) is 0 Å². The molecule has 0 atom stereocenters. The summed E-state index contributed by atoms with van der Waals surface area (Å²) >= 11 is 1.35. The number of ether oxygens (including phenoxy) is 2. The van der Waals surface area contributed by atoms with Crippen LogP contribution in [-0.2, 0) is 0 Å². The van der Waals surface area contributed by atoms with Crippen LogP contribution in [0.1, 0.15) is 10.5 Å². The predicted molar refractivity (Wildman–Crippen MR) is 135 cm³/mol. The molecule has 4 heterocycles. The molecule has 180 valence electrons. The van der Waals surface area contributed by atoms with E-state index in [4.69, 9.17) is 9.47 Å². The number of piperazine rings is 1. The van der Waals surface area contributed by atoms with Crippen molar-refractivity contribution >= 4 is 28.6 Å². The van der Waals surface area contributed by atoms with Crippen molar-refractivity contribution in [3.63, 3.8) is 0 Å². The summed E-state index contributed by atoms with van der Waals surface area (Å²) in [7, 11) is 3.21. The lowest BCUT2D eigenvalue weighted by atomic mass is 10.1. The second-order valence-corrected chi connectivity index (χ2v) is 8.68. The van der Waals surface area contributed by atoms with Gasteiger partial charge in [0.15, 0.2) is 11.5 Å². The molecule has 1 aliphatic rings. The van der Waals surface area contributed by atoms with E-state index in [2.05, 4.69) is 30.6 Å². The lowest BCUT2D eigenvalue weighted by Gasteiger charge is -2.30. The van der Waals surface area contributed by atoms with Crippen LogP contribution in [0.5, 0.6) is 11.5 Å². The zero-order valence-corrected chi connectivity index (χ0v) is 20.2. The van der Waals surface area contributed by atoms with Crippen molar-refractivity contribution in [1.29, 1.82) is 0 Å². The van der Waals surface area contributed by atoms with Gasteiger partial charge in [-0.2, -0.15) is 5.10 Å². The number of carbonyl (C=O) groups is 1. The van der Waals surface area contributed by atoms with Crippen molar-refractivity contribution in [2.24, 2.45) is 0 Å². The minimum Gasteiger partial charge on any atom is -0.493 e. The van der Waals surface area contributed by atoms with Crippen molar-refractivity contribution in [2.75, 3.05) is 50.6 Å². The van der Waals surface area contributed by atoms with Crippen molar-refractivity contribution in [3.8, 4) is 27.8 Å². The first-order chi connectivity index (χ1) is 17.2. The summed E-state index contributed by atoms with van der Waals surface area (Å²) in [5, 5.41) is 13.1. The number of aromatic nitrogens is 4. The van der Waals surface area contributed by atoms with Gasteiger partial charge in [-0.25, -0.2) is 9.67 Å². The number of pyridine rings is 1. The van der Waals surface area contributed by atoms with E-state index in [0.29, 0.717) is 28.0 Å². The van der Waals surface area contributed by atoms with E-state index in [-0.39, 0.29) is 5.91 Å². The summed E-state index contributed by atoms with van der Waals surface area (Å²) in [5.74, 6) is 1.01. The Kier molecular flexibility index (Phi) is 6.59. The zero-order valence-electron chi connectivity index (χ0n) is 19.4. The Morgan fingerprint density at radius 3 is 2.71 bits per heavy atom. The SMILES string of the molecule is COc1ccc(-c2cnn(-c3nc(C(=O)Nc4cnccc4N4CCNCC4)cs3)c2)cc1OC. The fraction of sp³-hybridized carbons (Fsp3) is 0.250. The molecule has 0 spiro atoms. The topological polar surface area (TPSA) is 106 Å². The van der Waals surface area contributed by atoms with E-state index in [1.54, 1.807) is 42.9 Å². The first-order valence-electron chi connectivity index (χ1n) is 11.1. The summed E-state index contributed by atoms with van der Waals surface area (Å²) < 4.78 is 12.4. The molecule has 2 N–H and O–H groups in total. The monoisotopic (exact) mass is 491 g/mol. The highest BCUT2D eigenvalue weighted by Crippen LogP contribution is 2.32. The standard InChI is InChI=1S/C24H25N7O3S/c1-33-21-4-3-16(11-22(21)34-2)17-12-27-31(14-17)24-29-19(15-35-24)23(32)28-18-13-26-6-5-20(18)30-9-7-25-8-10-30/h3-6,11-15,25H,7-10H2,1-2H3,(H,28,32). The number of methoxy groups -OCH3 is 2. The molecule has 0 saturated carbocycles. The summed E-state index contributed by atoms with van der Waals surface area (Å²) in [6, 6.07) is 7.61. The molecule has 4 aromatic rings. The highest BCUT2D eigenvalue weighted by atomic mass is 32.1. The van der Waals surface area contributed by atoms with Crippen LogP contribution in [0, 0.1) is 0 Å². The van der Waals surface area contributed by atoms with E-state index in [1.807, 2.05) is 30.5 Å². The fourth-order valence-corrected chi connectivity index (χ4v) is 4.65. The average Bonchev–Trinajstić information content (AvgIpc) is 3.59. The first kappa shape index (κ1) is 22.8. The lowest BCUT2D eigenvalue weighted by Crippen LogP contribution is -2.43. The summed E-state index contributed by atoms with van der Waals surface area (Å²) in [6.07, 6.45) is 7.02. The molecule has 1 saturated heterocycles. The number of nitrogens with zero attached hydrogens (tertiary/aromatic N) is 5. The maximum Gasteiger partial charge on any atom is 0.275 e. The van der Waals surface area contributed by atoms with E-state index in [1.165, 1.54) is 11.3 Å². The van der Waals surface area contributed by atoms with Gasteiger partial charge in [0.05, 0.1) is 38.0 Å². The quantitative estimate of drug-likeness (QED) is 0.406. The van der Waals surface area contributed by atoms with Crippen molar-refractivity contribution in [1.82, 2.24) is 25.1 Å². The highest BCUT2D eigenvalue weighted by Gasteiger charge is 2.18. The second kappa shape index (κ2) is 10.1. The smallest absolute Gasteiger partial charge is 0.275 e. The predicted octanol–water partition coefficient (Wildman–Crippen LogP) is 3.07. The third-order valence-corrected chi connectivity index (χ3v) is 6.55. The Hall–Kier alpha value is -3.96. The molecule has 3 aromatic heterocycles. The average molecular weight is 492 g/mol. The molecule has 0 aliphatic carbocycles. The number of rotatable bonds is 7. The van der Waals surface area contributed by atoms with Gasteiger partial charge in [-0.1, -0.05) is 6.07 Å². The van der Waals surface area contributed by atoms with E-state index in [0.717, 1.165) is 43.0 Å². The molecule has 1 amide bonds. The molecule has 1 aromatic carbocycles. The molecule has 35 heavy (non-hydrogen) atoms. The normalized spacial score (nSPS) is 13.5. The number of nitrogens with one attached hydrogen (secondary N) is 2. The molecule has 10 nitrogen and oxygen atoms in total. The first-order valence-corrected chi connectivity index (χ1v) is 12.0. The third-order valence-electron chi connectivity index (χ3n) is 5.72. The van der Waals surface area contributed by atoms with Crippen LogP contribution in [-0.4, -0.2) is 66.1 Å². The zero-order chi connectivity index (χ0) is 24.2. The van der Waals surface area contributed by atoms with Gasteiger partial charge in [-0.15, -0.1) is 11.3 Å². The van der Waals surface area contributed by atoms with Gasteiger partial charge in [-0.3, -0.25) is 9.78 Å². The summed E-state index contributed by atoms with van der Waals surface area (Å²) in [4.78, 5) is 23.9. The fourth-order valence-electron chi connectivity index (χ4n) is 3.92. The van der Waals surface area contributed by atoms with E-state index in [9.17, 15) is 4.79 Å². The number of thiazole rings is 1. The Balaban J connectivity index is 1.33. The molecular weight excluding hydrogens is 466 g/mol. The molecular formula is C24H25N7O3S. The van der Waals surface area contributed by atoms with Gasteiger partial charge in [0.25, 0.3) is 5.91 Å². The summed E-state index contributed by atoms with van der Waals surface area (Å²) in [6.45, 7) is 3.55. The highest BCUT2D eigenvalue weighted by molar-refractivity contribution is 7.12. The van der Waals surface area contributed by atoms with Gasteiger partial charge >= 0.3 is 0 Å². The molecule has 1 fully saturated rings. The van der Waals surface area contributed by atoms with Gasteiger partial charge in [0, 0.05) is 49.5 Å². The van der Waals surface area contributed by atoms with Crippen molar-refractivity contribution in [3.05, 3.63) is 60.1 Å². The van der Waals surface area contributed by atoms with Gasteiger partial charge in [-0.05, 0) is 23.8 Å². The third kappa shape index (κ3) is 4.81. The summed E-state index contributed by atoms with van der Waals surface area (Å²) in [5.41, 5.74) is 3.77. The van der Waals surface area contributed by atoms with E-state index < -0.39 is 0 Å². The van der Waals surface area contributed by atoms with Crippen molar-refractivity contribution in [2.45, 2.75) is 0 Å². The van der Waals surface area contributed by atoms with Crippen LogP contribution >= 0.6 is 11.3 Å². The number of carbonyl (C=O) groups excluding carboxylic acids is 1. The lowest BCUT2D eigenvalue weighted by molar-refractivity contribution is 0.102. The number of hydrogen-bond acceptors (Lipinski definition) is 9. The van der Waals surface area contributed by atoms with Crippen LogP contribution in [0.25, 0.3) is 16.3 Å². The molecule has 11 heteroatoms. The van der Waals surface area contributed by atoms with Gasteiger partial charge < -0.3 is 25.0 Å². The Morgan fingerprint density at radius 1 is 1.09 bits per heavy atom. The maximum atomic E-state index is 13.0. The molecule has 0 radical (unpaired) electrons. The second-order valence-electron chi connectivity index (χ2n) is 7.84. The number of amides is 1. The molecule has 1 aliphatic heterocycles. The number of benzene rings is 1. The maximum absolute atomic E-state index is 13.0. The van der Waals surface area contributed by atoms with Gasteiger partial charge in [0.2, 0.25) is 5.13 Å². The Bertz CT molecular complexity index is 1330. The molecule has 0 bridgehead atoms. The molecule has 0 unspecified atom stereocenters. The largest absolute Gasteiger partial charge is 0.493 e. The van der Waals surface area contributed by atoms with Crippen molar-refractivity contribution < 1.29 is 14.3 Å². The minimum absolute atomic E-state index is 0.288. The Morgan fingerprint density at radius 2 is 1.91 bits per heavy atom. The minimum atomic E-state index is -0.288. The van der Waals surface area contributed by atoms with Crippen LogP contribution < -0.4 is 25.0 Å². The van der Waals surface area contributed by atoms with Crippen LogP contribution in [0.3, 0.4) is 0 Å². The number of hydrogen-bond donors (Lipinski definition) is 2.